The van der Waals surface area contributed by atoms with Crippen molar-refractivity contribution in [3.8, 4) is 11.5 Å². The Morgan fingerprint density at radius 2 is 1.78 bits per heavy atom. The van der Waals surface area contributed by atoms with Gasteiger partial charge < -0.3 is 20.1 Å². The Bertz CT molecular complexity index is 831. The quantitative estimate of drug-likeness (QED) is 0.699. The van der Waals surface area contributed by atoms with E-state index in [-0.39, 0.29) is 11.8 Å². The van der Waals surface area contributed by atoms with Crippen molar-refractivity contribution in [2.45, 2.75) is 13.3 Å². The van der Waals surface area contributed by atoms with Crippen LogP contribution in [-0.2, 0) is 4.79 Å². The third kappa shape index (κ3) is 5.60. The average Bonchev–Trinajstić information content (AvgIpc) is 2.70. The molecular formula is C21H24N2O4. The lowest BCUT2D eigenvalue weighted by Crippen LogP contribution is -2.25. The zero-order valence-corrected chi connectivity index (χ0v) is 15.7. The number of benzene rings is 2. The van der Waals surface area contributed by atoms with E-state index in [4.69, 9.17) is 9.47 Å². The lowest BCUT2D eigenvalue weighted by Gasteiger charge is -2.10. The van der Waals surface area contributed by atoms with Gasteiger partial charge >= 0.3 is 0 Å². The number of hydrogen-bond acceptors (Lipinski definition) is 4. The van der Waals surface area contributed by atoms with Gasteiger partial charge in [-0.3, -0.25) is 9.59 Å². The monoisotopic (exact) mass is 368 g/mol. The Morgan fingerprint density at radius 3 is 2.48 bits per heavy atom. The first-order valence-electron chi connectivity index (χ1n) is 8.67. The molecule has 2 amide bonds. The Morgan fingerprint density at radius 1 is 1.04 bits per heavy atom. The van der Waals surface area contributed by atoms with Crippen LogP contribution in [0.2, 0.25) is 0 Å². The number of methoxy groups -OCH3 is 2. The van der Waals surface area contributed by atoms with Crippen LogP contribution in [0.4, 0.5) is 5.69 Å². The summed E-state index contributed by atoms with van der Waals surface area (Å²) in [6.07, 6.45) is 3.91. The van der Waals surface area contributed by atoms with Gasteiger partial charge in [-0.2, -0.15) is 0 Å². The molecule has 6 heteroatoms. The molecule has 0 saturated carbocycles. The molecule has 0 saturated heterocycles. The summed E-state index contributed by atoms with van der Waals surface area (Å²) in [6, 6.07) is 12.3. The topological polar surface area (TPSA) is 76.7 Å². The number of nitrogens with one attached hydrogen (secondary N) is 2. The van der Waals surface area contributed by atoms with Crippen molar-refractivity contribution >= 4 is 23.6 Å². The minimum Gasteiger partial charge on any atom is -0.493 e. The highest BCUT2D eigenvalue weighted by atomic mass is 16.5. The van der Waals surface area contributed by atoms with Crippen LogP contribution in [0.5, 0.6) is 11.5 Å². The number of carbonyl (C=O) groups is 2. The van der Waals surface area contributed by atoms with Gasteiger partial charge in [0, 0.05) is 12.6 Å². The van der Waals surface area contributed by atoms with Crippen molar-refractivity contribution in [3.63, 3.8) is 0 Å². The van der Waals surface area contributed by atoms with Gasteiger partial charge in [-0.15, -0.1) is 0 Å². The fourth-order valence-corrected chi connectivity index (χ4v) is 2.43. The number of ether oxygens (including phenoxy) is 2. The van der Waals surface area contributed by atoms with Crippen LogP contribution in [0.1, 0.15) is 29.3 Å². The third-order valence-corrected chi connectivity index (χ3v) is 3.80. The Labute approximate surface area is 159 Å². The fraction of sp³-hybridized carbons (Fsp3) is 0.238. The zero-order chi connectivity index (χ0) is 19.6. The van der Waals surface area contributed by atoms with E-state index in [2.05, 4.69) is 10.6 Å². The second-order valence-corrected chi connectivity index (χ2v) is 5.74. The maximum absolute atomic E-state index is 12.3. The Hall–Kier alpha value is -3.28. The molecule has 0 unspecified atom stereocenters. The van der Waals surface area contributed by atoms with Crippen LogP contribution < -0.4 is 20.1 Å². The zero-order valence-electron chi connectivity index (χ0n) is 15.7. The summed E-state index contributed by atoms with van der Waals surface area (Å²) in [6.45, 7) is 2.56. The molecule has 2 rings (SSSR count). The van der Waals surface area contributed by atoms with E-state index in [1.54, 1.807) is 56.7 Å². The number of para-hydroxylation sites is 1. The third-order valence-electron chi connectivity index (χ3n) is 3.80. The van der Waals surface area contributed by atoms with Gasteiger partial charge in [0.1, 0.15) is 0 Å². The number of amides is 2. The molecule has 0 aliphatic heterocycles. The Kier molecular flexibility index (Phi) is 7.43. The van der Waals surface area contributed by atoms with Crippen LogP contribution in [0.15, 0.2) is 48.5 Å². The number of carbonyl (C=O) groups excluding carboxylic acids is 2. The van der Waals surface area contributed by atoms with Crippen molar-refractivity contribution < 1.29 is 19.1 Å². The van der Waals surface area contributed by atoms with Crippen molar-refractivity contribution in [2.75, 3.05) is 26.1 Å². The molecule has 142 valence electrons. The number of hydrogen-bond donors (Lipinski definition) is 2. The minimum atomic E-state index is -0.333. The molecule has 2 N–H and O–H groups in total. The molecule has 27 heavy (non-hydrogen) atoms. The smallest absolute Gasteiger partial charge is 0.253 e. The molecule has 0 radical (unpaired) electrons. The molecule has 0 bridgehead atoms. The summed E-state index contributed by atoms with van der Waals surface area (Å²) in [5, 5.41) is 5.56. The van der Waals surface area contributed by atoms with Gasteiger partial charge in [-0.25, -0.2) is 0 Å². The first-order valence-corrected chi connectivity index (χ1v) is 8.67. The van der Waals surface area contributed by atoms with Gasteiger partial charge in [0.05, 0.1) is 25.5 Å². The van der Waals surface area contributed by atoms with Crippen LogP contribution >= 0.6 is 0 Å². The van der Waals surface area contributed by atoms with E-state index in [1.165, 1.54) is 6.08 Å². The number of anilines is 1. The lowest BCUT2D eigenvalue weighted by atomic mass is 10.1. The van der Waals surface area contributed by atoms with Crippen LogP contribution in [0.25, 0.3) is 6.08 Å². The standard InChI is InChI=1S/C21H24N2O4/c1-4-13-22-21(25)16-7-5-6-8-17(16)23-20(24)12-10-15-9-11-18(26-2)19(14-15)27-3/h5-12,14H,4,13H2,1-3H3,(H,22,25)(H,23,24)/b12-10+. The van der Waals surface area contributed by atoms with Gasteiger partial charge in [0.25, 0.3) is 5.91 Å². The largest absolute Gasteiger partial charge is 0.493 e. The average molecular weight is 368 g/mol. The second kappa shape index (κ2) is 10.0. The van der Waals surface area contributed by atoms with Gasteiger partial charge in [-0.1, -0.05) is 25.1 Å². The molecule has 0 fully saturated rings. The molecule has 2 aromatic carbocycles. The first-order chi connectivity index (χ1) is 13.1. The van der Waals surface area contributed by atoms with Crippen LogP contribution in [-0.4, -0.2) is 32.6 Å². The summed E-state index contributed by atoms with van der Waals surface area (Å²) in [5.41, 5.74) is 1.68. The van der Waals surface area contributed by atoms with Crippen molar-refractivity contribution in [1.82, 2.24) is 5.32 Å². The van der Waals surface area contributed by atoms with E-state index in [1.807, 2.05) is 13.0 Å². The van der Waals surface area contributed by atoms with Crippen molar-refractivity contribution in [2.24, 2.45) is 0 Å². The first kappa shape index (κ1) is 20.0. The minimum absolute atomic E-state index is 0.211. The molecule has 0 aromatic heterocycles. The van der Waals surface area contributed by atoms with E-state index in [9.17, 15) is 9.59 Å². The predicted octanol–water partition coefficient (Wildman–Crippen LogP) is 3.50. The van der Waals surface area contributed by atoms with Crippen molar-refractivity contribution in [3.05, 3.63) is 59.7 Å². The highest BCUT2D eigenvalue weighted by Crippen LogP contribution is 2.28. The highest BCUT2D eigenvalue weighted by molar-refractivity contribution is 6.07. The normalized spacial score (nSPS) is 10.5. The van der Waals surface area contributed by atoms with Gasteiger partial charge in [-0.05, 0) is 42.3 Å². The molecule has 2 aromatic rings. The van der Waals surface area contributed by atoms with E-state index < -0.39 is 0 Å². The summed E-state index contributed by atoms with van der Waals surface area (Å²) in [7, 11) is 3.12. The predicted molar refractivity (Wildman–Crippen MR) is 106 cm³/mol. The van der Waals surface area contributed by atoms with Gasteiger partial charge in [0.2, 0.25) is 5.91 Å². The lowest BCUT2D eigenvalue weighted by molar-refractivity contribution is -0.111. The van der Waals surface area contributed by atoms with Crippen LogP contribution in [0, 0.1) is 0 Å². The SMILES string of the molecule is CCCNC(=O)c1ccccc1NC(=O)/C=C/c1ccc(OC)c(OC)c1. The molecule has 6 nitrogen and oxygen atoms in total. The second-order valence-electron chi connectivity index (χ2n) is 5.74. The fourth-order valence-electron chi connectivity index (χ4n) is 2.43. The molecule has 0 aliphatic carbocycles. The maximum atomic E-state index is 12.3. The number of rotatable bonds is 8. The van der Waals surface area contributed by atoms with E-state index >= 15 is 0 Å². The molecular weight excluding hydrogens is 344 g/mol. The van der Waals surface area contributed by atoms with E-state index in [0.29, 0.717) is 29.3 Å². The molecule has 0 atom stereocenters. The van der Waals surface area contributed by atoms with Gasteiger partial charge in [0.15, 0.2) is 11.5 Å². The summed E-state index contributed by atoms with van der Waals surface area (Å²) < 4.78 is 10.4. The maximum Gasteiger partial charge on any atom is 0.253 e. The summed E-state index contributed by atoms with van der Waals surface area (Å²) >= 11 is 0. The summed E-state index contributed by atoms with van der Waals surface area (Å²) in [5.74, 6) is 0.654. The summed E-state index contributed by atoms with van der Waals surface area (Å²) in [4.78, 5) is 24.5. The van der Waals surface area contributed by atoms with Crippen LogP contribution in [0.3, 0.4) is 0 Å². The highest BCUT2D eigenvalue weighted by Gasteiger charge is 2.11. The van der Waals surface area contributed by atoms with E-state index in [0.717, 1.165) is 12.0 Å². The molecule has 0 heterocycles. The Balaban J connectivity index is 2.10. The molecule has 0 aliphatic rings. The molecule has 0 spiro atoms. The van der Waals surface area contributed by atoms with Crippen molar-refractivity contribution in [1.29, 1.82) is 0 Å².